The summed E-state index contributed by atoms with van der Waals surface area (Å²) < 4.78 is 0. The minimum atomic E-state index is 0.0285. The van der Waals surface area contributed by atoms with Gasteiger partial charge in [-0.2, -0.15) is 0 Å². The Kier molecular flexibility index (Phi) is 5.86. The van der Waals surface area contributed by atoms with Gasteiger partial charge in [-0.05, 0) is 37.0 Å². The molecule has 0 spiro atoms. The molecule has 0 fully saturated rings. The van der Waals surface area contributed by atoms with Crippen LogP contribution in [0.4, 0.5) is 5.69 Å². The van der Waals surface area contributed by atoms with Gasteiger partial charge in [0.05, 0.1) is 0 Å². The van der Waals surface area contributed by atoms with Gasteiger partial charge in [-0.25, -0.2) is 0 Å². The molecule has 100 valence electrons. The van der Waals surface area contributed by atoms with Crippen LogP contribution in [0, 0.1) is 5.92 Å². The van der Waals surface area contributed by atoms with Crippen molar-refractivity contribution in [3.63, 3.8) is 0 Å². The fourth-order valence-corrected chi connectivity index (χ4v) is 1.76. The summed E-state index contributed by atoms with van der Waals surface area (Å²) >= 11 is 0. The number of nitrogens with one attached hydrogen (secondary N) is 1. The van der Waals surface area contributed by atoms with Gasteiger partial charge in [-0.15, -0.1) is 0 Å². The molecule has 0 aliphatic heterocycles. The first kappa shape index (κ1) is 14.7. The van der Waals surface area contributed by atoms with Gasteiger partial charge in [-0.1, -0.05) is 32.4 Å². The van der Waals surface area contributed by atoms with E-state index in [1.165, 1.54) is 0 Å². The molecule has 0 saturated heterocycles. The number of nitrogens with two attached hydrogens (primary N) is 1. The molecule has 1 rings (SSSR count). The number of rotatable bonds is 6. The molecule has 0 bridgehead atoms. The number of carbonyl (C=O) groups excluding carboxylic acids is 1. The lowest BCUT2D eigenvalue weighted by molar-refractivity contribution is -0.116. The molecule has 0 aromatic heterocycles. The first-order valence-electron chi connectivity index (χ1n) is 6.64. The molecule has 0 aliphatic rings. The molecular formula is C15H24N2O. The Balaban J connectivity index is 2.40. The summed E-state index contributed by atoms with van der Waals surface area (Å²) in [5.41, 5.74) is 7.69. The molecule has 1 aromatic rings. The number of hydrogen-bond acceptors (Lipinski definition) is 2. The molecule has 0 saturated carbocycles. The molecule has 0 radical (unpaired) electrons. The van der Waals surface area contributed by atoms with Crippen LogP contribution < -0.4 is 11.1 Å². The number of amides is 1. The lowest BCUT2D eigenvalue weighted by Crippen LogP contribution is -2.12. The molecule has 0 unspecified atom stereocenters. The fraction of sp³-hybridized carbons (Fsp3) is 0.533. The summed E-state index contributed by atoms with van der Waals surface area (Å²) in [5.74, 6) is 0.743. The summed E-state index contributed by atoms with van der Waals surface area (Å²) in [6, 6.07) is 7.74. The van der Waals surface area contributed by atoms with Crippen LogP contribution in [0.1, 0.15) is 51.6 Å². The third-order valence-corrected chi connectivity index (χ3v) is 2.91. The lowest BCUT2D eigenvalue weighted by Gasteiger charge is -2.09. The number of hydrogen-bond donors (Lipinski definition) is 2. The molecule has 0 heterocycles. The van der Waals surface area contributed by atoms with E-state index in [2.05, 4.69) is 19.2 Å². The van der Waals surface area contributed by atoms with Crippen LogP contribution in [0.2, 0.25) is 0 Å². The topological polar surface area (TPSA) is 55.1 Å². The Morgan fingerprint density at radius 3 is 2.33 bits per heavy atom. The predicted octanol–water partition coefficient (Wildman–Crippen LogP) is 3.47. The summed E-state index contributed by atoms with van der Waals surface area (Å²) in [4.78, 5) is 11.7. The van der Waals surface area contributed by atoms with Crippen molar-refractivity contribution in [1.82, 2.24) is 0 Å². The quantitative estimate of drug-likeness (QED) is 0.810. The number of anilines is 1. The van der Waals surface area contributed by atoms with Crippen molar-refractivity contribution in [2.45, 2.75) is 46.1 Å². The van der Waals surface area contributed by atoms with E-state index in [9.17, 15) is 4.79 Å². The highest BCUT2D eigenvalue weighted by Crippen LogP contribution is 2.15. The van der Waals surface area contributed by atoms with Crippen LogP contribution in [-0.4, -0.2) is 5.91 Å². The predicted molar refractivity (Wildman–Crippen MR) is 76.4 cm³/mol. The third kappa shape index (κ3) is 5.32. The zero-order chi connectivity index (χ0) is 13.5. The van der Waals surface area contributed by atoms with Crippen LogP contribution in [-0.2, 0) is 4.79 Å². The molecule has 3 N–H and O–H groups in total. The highest BCUT2D eigenvalue weighted by atomic mass is 16.1. The molecular weight excluding hydrogens is 224 g/mol. The highest BCUT2D eigenvalue weighted by molar-refractivity contribution is 5.90. The van der Waals surface area contributed by atoms with Gasteiger partial charge >= 0.3 is 0 Å². The molecule has 1 amide bonds. The first-order chi connectivity index (χ1) is 8.49. The van der Waals surface area contributed by atoms with Crippen LogP contribution in [0.25, 0.3) is 0 Å². The Hall–Kier alpha value is -1.35. The SMILES string of the molecule is CC(C)CCCC(=O)Nc1ccc([C@@H](C)N)cc1. The van der Waals surface area contributed by atoms with Crippen molar-refractivity contribution in [2.75, 3.05) is 5.32 Å². The smallest absolute Gasteiger partial charge is 0.224 e. The molecule has 1 aromatic carbocycles. The highest BCUT2D eigenvalue weighted by Gasteiger charge is 2.04. The van der Waals surface area contributed by atoms with E-state index in [4.69, 9.17) is 5.73 Å². The average Bonchev–Trinajstić information content (AvgIpc) is 2.29. The van der Waals surface area contributed by atoms with E-state index in [1.54, 1.807) is 0 Å². The Morgan fingerprint density at radius 2 is 1.83 bits per heavy atom. The van der Waals surface area contributed by atoms with Crippen LogP contribution in [0.3, 0.4) is 0 Å². The van der Waals surface area contributed by atoms with Crippen molar-refractivity contribution in [1.29, 1.82) is 0 Å². The van der Waals surface area contributed by atoms with Gasteiger partial charge in [0.2, 0.25) is 5.91 Å². The molecule has 3 heteroatoms. The van der Waals surface area contributed by atoms with E-state index in [1.807, 2.05) is 31.2 Å². The van der Waals surface area contributed by atoms with Crippen molar-refractivity contribution >= 4 is 11.6 Å². The fourth-order valence-electron chi connectivity index (χ4n) is 1.76. The van der Waals surface area contributed by atoms with E-state index in [-0.39, 0.29) is 11.9 Å². The summed E-state index contributed by atoms with van der Waals surface area (Å²) in [6.07, 6.45) is 2.63. The average molecular weight is 248 g/mol. The Bertz CT molecular complexity index is 369. The van der Waals surface area contributed by atoms with Gasteiger partial charge in [-0.3, -0.25) is 4.79 Å². The monoisotopic (exact) mass is 248 g/mol. The Morgan fingerprint density at radius 1 is 1.22 bits per heavy atom. The normalized spacial score (nSPS) is 12.5. The maximum atomic E-state index is 11.7. The maximum Gasteiger partial charge on any atom is 0.224 e. The second-order valence-electron chi connectivity index (χ2n) is 5.24. The second kappa shape index (κ2) is 7.17. The number of benzene rings is 1. The number of carbonyl (C=O) groups is 1. The first-order valence-corrected chi connectivity index (χ1v) is 6.64. The zero-order valence-corrected chi connectivity index (χ0v) is 11.6. The maximum absolute atomic E-state index is 11.7. The van der Waals surface area contributed by atoms with Crippen molar-refractivity contribution < 1.29 is 4.79 Å². The largest absolute Gasteiger partial charge is 0.326 e. The second-order valence-corrected chi connectivity index (χ2v) is 5.24. The van der Waals surface area contributed by atoms with Crippen LogP contribution in [0.5, 0.6) is 0 Å². The summed E-state index contributed by atoms with van der Waals surface area (Å²) in [7, 11) is 0. The summed E-state index contributed by atoms with van der Waals surface area (Å²) in [5, 5.41) is 2.90. The molecule has 1 atom stereocenters. The lowest BCUT2D eigenvalue weighted by atomic mass is 10.1. The Labute approximate surface area is 110 Å². The minimum Gasteiger partial charge on any atom is -0.326 e. The van der Waals surface area contributed by atoms with Crippen molar-refractivity contribution in [3.8, 4) is 0 Å². The van der Waals surface area contributed by atoms with Gasteiger partial charge in [0.15, 0.2) is 0 Å². The zero-order valence-electron chi connectivity index (χ0n) is 11.6. The molecule has 0 aliphatic carbocycles. The van der Waals surface area contributed by atoms with Gasteiger partial charge in [0.25, 0.3) is 0 Å². The standard InChI is InChI=1S/C15H24N2O/c1-11(2)5-4-6-15(18)17-14-9-7-13(8-10-14)12(3)16/h7-12H,4-6,16H2,1-3H3,(H,17,18)/t12-/m1/s1. The van der Waals surface area contributed by atoms with Crippen molar-refractivity contribution in [2.24, 2.45) is 11.7 Å². The van der Waals surface area contributed by atoms with E-state index in [0.717, 1.165) is 24.1 Å². The van der Waals surface area contributed by atoms with Gasteiger partial charge in [0.1, 0.15) is 0 Å². The van der Waals surface area contributed by atoms with E-state index >= 15 is 0 Å². The third-order valence-electron chi connectivity index (χ3n) is 2.91. The van der Waals surface area contributed by atoms with Gasteiger partial charge < -0.3 is 11.1 Å². The van der Waals surface area contributed by atoms with Gasteiger partial charge in [0, 0.05) is 18.2 Å². The van der Waals surface area contributed by atoms with E-state index in [0.29, 0.717) is 12.3 Å². The molecule has 18 heavy (non-hydrogen) atoms. The van der Waals surface area contributed by atoms with Crippen LogP contribution in [0.15, 0.2) is 24.3 Å². The minimum absolute atomic E-state index is 0.0285. The molecule has 3 nitrogen and oxygen atoms in total. The summed E-state index contributed by atoms with van der Waals surface area (Å²) in [6.45, 7) is 6.29. The van der Waals surface area contributed by atoms with E-state index < -0.39 is 0 Å². The van der Waals surface area contributed by atoms with Crippen LogP contribution >= 0.6 is 0 Å². The van der Waals surface area contributed by atoms with Crippen molar-refractivity contribution in [3.05, 3.63) is 29.8 Å².